The molecule has 0 saturated heterocycles. The summed E-state index contributed by atoms with van der Waals surface area (Å²) in [5.41, 5.74) is 1.14. The van der Waals surface area contributed by atoms with Crippen LogP contribution in [0.1, 0.15) is 11.1 Å². The number of ether oxygens (including phenoxy) is 2. The monoisotopic (exact) mass is 614 g/mol. The second-order valence-corrected chi connectivity index (χ2v) is 10.1. The lowest BCUT2D eigenvalue weighted by Crippen LogP contribution is -2.20. The van der Waals surface area contributed by atoms with Gasteiger partial charge in [0.25, 0.3) is 5.56 Å². The Hall–Kier alpha value is -5.19. The van der Waals surface area contributed by atoms with Crippen LogP contribution in [0.4, 0.5) is 5.69 Å². The fourth-order valence-corrected chi connectivity index (χ4v) is 4.88. The Morgan fingerprint density at radius 2 is 1.81 bits per heavy atom. The van der Waals surface area contributed by atoms with Gasteiger partial charge in [-0.05, 0) is 54.1 Å². The zero-order chi connectivity index (χ0) is 30.1. The van der Waals surface area contributed by atoms with Crippen LogP contribution in [0, 0.1) is 10.1 Å². The summed E-state index contributed by atoms with van der Waals surface area (Å²) in [5.74, 6) is 0.946. The number of furan rings is 1. The van der Waals surface area contributed by atoms with Gasteiger partial charge in [0.15, 0.2) is 5.76 Å². The quantitative estimate of drug-likeness (QED) is 0.0988. The Morgan fingerprint density at radius 1 is 1.00 bits per heavy atom. The zero-order valence-electron chi connectivity index (χ0n) is 22.4. The lowest BCUT2D eigenvalue weighted by molar-refractivity contribution is -0.385. The molecule has 0 aliphatic heterocycles. The van der Waals surface area contributed by atoms with Gasteiger partial charge in [-0.2, -0.15) is 9.78 Å². The summed E-state index contributed by atoms with van der Waals surface area (Å²) in [4.78, 5) is 29.7. The summed E-state index contributed by atoms with van der Waals surface area (Å²) in [6, 6.07) is 23.3. The highest BCUT2D eigenvalue weighted by Gasteiger charge is 2.21. The van der Waals surface area contributed by atoms with Gasteiger partial charge in [-0.1, -0.05) is 53.5 Å². The number of nitro groups is 1. The van der Waals surface area contributed by atoms with Crippen molar-refractivity contribution in [1.29, 1.82) is 0 Å². The predicted octanol–water partition coefficient (Wildman–Crippen LogP) is 7.49. The van der Waals surface area contributed by atoms with Crippen LogP contribution in [0.3, 0.4) is 0 Å². The van der Waals surface area contributed by atoms with Gasteiger partial charge in [0.2, 0.25) is 11.6 Å². The molecule has 2 aromatic heterocycles. The molecular formula is C31H20Cl2N4O6. The lowest BCUT2D eigenvalue weighted by Gasteiger charge is -2.11. The maximum Gasteiger partial charge on any atom is 0.311 e. The molecule has 4 aromatic carbocycles. The zero-order valence-corrected chi connectivity index (χ0v) is 23.9. The largest absolute Gasteiger partial charge is 0.496 e. The third kappa shape index (κ3) is 5.41. The lowest BCUT2D eigenvalue weighted by atomic mass is 10.2. The van der Waals surface area contributed by atoms with Gasteiger partial charge in [-0.25, -0.2) is 4.98 Å². The van der Waals surface area contributed by atoms with Crippen molar-refractivity contribution < 1.29 is 18.8 Å². The molecule has 2 heterocycles. The number of para-hydroxylation sites is 2. The number of rotatable bonds is 8. The van der Waals surface area contributed by atoms with E-state index in [4.69, 9.17) is 37.1 Å². The number of nitro benzene ring substituents is 1. The first-order chi connectivity index (χ1) is 20.8. The molecule has 0 N–H and O–H groups in total. The smallest absolute Gasteiger partial charge is 0.311 e. The molecule has 12 heteroatoms. The number of hydrogen-bond acceptors (Lipinski definition) is 8. The maximum absolute atomic E-state index is 13.7. The minimum absolute atomic E-state index is 0.0356. The van der Waals surface area contributed by atoms with E-state index >= 15 is 0 Å². The SMILES string of the molecule is COc1cccc2oc(-c3nc4ccccc4c(=O)n3N=Cc3cccc([N+](=O)[O-])c3OCc3ccc(Cl)c(Cl)c3)cc12. The van der Waals surface area contributed by atoms with E-state index in [1.54, 1.807) is 79.9 Å². The molecule has 0 amide bonds. The number of hydrogen-bond donors (Lipinski definition) is 0. The number of aromatic nitrogens is 2. The van der Waals surface area contributed by atoms with Gasteiger partial charge in [0.1, 0.15) is 17.9 Å². The van der Waals surface area contributed by atoms with Crippen molar-refractivity contribution in [1.82, 2.24) is 9.66 Å². The fraction of sp³-hybridized carbons (Fsp3) is 0.0645. The average molecular weight is 615 g/mol. The summed E-state index contributed by atoms with van der Waals surface area (Å²) in [6.07, 6.45) is 1.31. The summed E-state index contributed by atoms with van der Waals surface area (Å²) in [7, 11) is 1.55. The van der Waals surface area contributed by atoms with Crippen molar-refractivity contribution in [3.05, 3.63) is 127 Å². The highest BCUT2D eigenvalue weighted by Crippen LogP contribution is 2.34. The molecule has 214 valence electrons. The number of benzene rings is 4. The Balaban J connectivity index is 1.47. The number of methoxy groups -OCH3 is 1. The highest BCUT2D eigenvalue weighted by atomic mass is 35.5. The Labute approximate surface area is 253 Å². The summed E-state index contributed by atoms with van der Waals surface area (Å²) >= 11 is 12.1. The molecule has 0 radical (unpaired) electrons. The average Bonchev–Trinajstić information content (AvgIpc) is 3.46. The molecule has 43 heavy (non-hydrogen) atoms. The van der Waals surface area contributed by atoms with Gasteiger partial charge < -0.3 is 13.9 Å². The third-order valence-electron chi connectivity index (χ3n) is 6.62. The molecule has 6 aromatic rings. The van der Waals surface area contributed by atoms with Crippen molar-refractivity contribution in [2.24, 2.45) is 5.10 Å². The van der Waals surface area contributed by atoms with Gasteiger partial charge >= 0.3 is 5.69 Å². The van der Waals surface area contributed by atoms with Gasteiger partial charge in [0.05, 0.1) is 44.6 Å². The maximum atomic E-state index is 13.7. The minimum atomic E-state index is -0.557. The van der Waals surface area contributed by atoms with E-state index in [0.29, 0.717) is 43.2 Å². The van der Waals surface area contributed by atoms with Gasteiger partial charge in [-0.3, -0.25) is 14.9 Å². The summed E-state index contributed by atoms with van der Waals surface area (Å²) in [6.45, 7) is -0.0356. The van der Waals surface area contributed by atoms with E-state index in [1.807, 2.05) is 0 Å². The number of halogens is 2. The van der Waals surface area contributed by atoms with Crippen LogP contribution in [0.5, 0.6) is 11.5 Å². The fourth-order valence-electron chi connectivity index (χ4n) is 4.56. The Morgan fingerprint density at radius 3 is 2.60 bits per heavy atom. The van der Waals surface area contributed by atoms with Gasteiger partial charge in [-0.15, -0.1) is 0 Å². The first kappa shape index (κ1) is 28.0. The molecule has 0 spiro atoms. The molecule has 0 fully saturated rings. The molecule has 0 bridgehead atoms. The molecule has 0 unspecified atom stereocenters. The van der Waals surface area contributed by atoms with Crippen LogP contribution in [-0.2, 0) is 6.61 Å². The van der Waals surface area contributed by atoms with Crippen LogP contribution in [-0.4, -0.2) is 27.9 Å². The Bertz CT molecular complexity index is 2120. The van der Waals surface area contributed by atoms with Crippen molar-refractivity contribution in [2.75, 3.05) is 7.11 Å². The first-order valence-electron chi connectivity index (χ1n) is 12.8. The minimum Gasteiger partial charge on any atom is -0.496 e. The van der Waals surface area contributed by atoms with Crippen molar-refractivity contribution in [3.8, 4) is 23.1 Å². The van der Waals surface area contributed by atoms with Crippen LogP contribution >= 0.6 is 23.2 Å². The van der Waals surface area contributed by atoms with Gasteiger partial charge in [0, 0.05) is 11.6 Å². The molecule has 6 rings (SSSR count). The van der Waals surface area contributed by atoms with E-state index in [2.05, 4.69) is 10.1 Å². The predicted molar refractivity (Wildman–Crippen MR) is 165 cm³/mol. The first-order valence-corrected chi connectivity index (χ1v) is 13.6. The molecule has 10 nitrogen and oxygen atoms in total. The number of nitrogens with zero attached hydrogens (tertiary/aromatic N) is 4. The topological polar surface area (TPSA) is 122 Å². The van der Waals surface area contributed by atoms with Crippen molar-refractivity contribution in [3.63, 3.8) is 0 Å². The van der Waals surface area contributed by atoms with E-state index in [1.165, 1.54) is 18.3 Å². The Kier molecular flexibility index (Phi) is 7.54. The highest BCUT2D eigenvalue weighted by molar-refractivity contribution is 6.42. The summed E-state index contributed by atoms with van der Waals surface area (Å²) < 4.78 is 18.5. The van der Waals surface area contributed by atoms with Crippen LogP contribution in [0.15, 0.2) is 99.2 Å². The number of fused-ring (bicyclic) bond motifs is 2. The van der Waals surface area contributed by atoms with E-state index in [9.17, 15) is 14.9 Å². The van der Waals surface area contributed by atoms with Crippen LogP contribution in [0.2, 0.25) is 10.0 Å². The normalized spacial score (nSPS) is 11.4. The molecule has 0 saturated carbocycles. The van der Waals surface area contributed by atoms with Crippen LogP contribution in [0.25, 0.3) is 33.5 Å². The molecule has 0 aliphatic carbocycles. The van der Waals surface area contributed by atoms with Crippen molar-refractivity contribution in [2.45, 2.75) is 6.61 Å². The molecule has 0 atom stereocenters. The second-order valence-electron chi connectivity index (χ2n) is 9.29. The standard InChI is InChI=1S/C31H20Cl2N4O6/c1-41-26-10-5-11-27-21(26)15-28(43-27)30-35-24-8-3-2-7-20(24)31(38)36(30)34-16-19-6-4-9-25(37(39)40)29(19)42-17-18-12-13-22(32)23(33)14-18/h2-16H,17H2,1H3. The third-order valence-corrected chi connectivity index (χ3v) is 7.36. The summed E-state index contributed by atoms with van der Waals surface area (Å²) in [5, 5.41) is 18.0. The van der Waals surface area contributed by atoms with E-state index in [-0.39, 0.29) is 35.2 Å². The van der Waals surface area contributed by atoms with E-state index < -0.39 is 10.5 Å². The second kappa shape index (κ2) is 11.6. The van der Waals surface area contributed by atoms with Crippen molar-refractivity contribution >= 4 is 57.0 Å². The molecular weight excluding hydrogens is 595 g/mol. The molecule has 0 aliphatic rings. The van der Waals surface area contributed by atoms with E-state index in [0.717, 1.165) is 4.68 Å². The van der Waals surface area contributed by atoms with Crippen LogP contribution < -0.4 is 15.0 Å².